The maximum absolute atomic E-state index is 12.3. The molecule has 0 unspecified atom stereocenters. The molecule has 0 aromatic heterocycles. The summed E-state index contributed by atoms with van der Waals surface area (Å²) < 4.78 is 10.5. The molecule has 4 atom stereocenters. The van der Waals surface area contributed by atoms with Gasteiger partial charge in [-0.1, -0.05) is 50.4 Å². The molecule has 0 spiro atoms. The van der Waals surface area contributed by atoms with E-state index in [4.69, 9.17) is 21.1 Å². The highest BCUT2D eigenvalue weighted by molar-refractivity contribution is 6.32. The van der Waals surface area contributed by atoms with Crippen molar-refractivity contribution >= 4 is 23.5 Å². The lowest BCUT2D eigenvalue weighted by molar-refractivity contribution is -0.157. The highest BCUT2D eigenvalue weighted by Crippen LogP contribution is 2.29. The molecule has 0 saturated heterocycles. The Bertz CT molecular complexity index is 607. The van der Waals surface area contributed by atoms with E-state index in [-0.39, 0.29) is 18.6 Å². The molecule has 1 aliphatic carbocycles. The van der Waals surface area contributed by atoms with Crippen LogP contribution in [0.5, 0.6) is 5.75 Å². The molecule has 1 aromatic rings. The molecule has 1 fully saturated rings. The van der Waals surface area contributed by atoms with Gasteiger partial charge in [0.15, 0.2) is 12.7 Å². The summed E-state index contributed by atoms with van der Waals surface area (Å²) in [5.74, 6) is 0.540. The fourth-order valence-corrected chi connectivity index (χ4v) is 3.26. The third-order valence-corrected chi connectivity index (χ3v) is 5.21. The molecular weight excluding hydrogens is 342 g/mol. The van der Waals surface area contributed by atoms with Crippen LogP contribution in [-0.4, -0.2) is 30.6 Å². The quantitative estimate of drug-likeness (QED) is 0.780. The second-order valence-electron chi connectivity index (χ2n) is 6.73. The second kappa shape index (κ2) is 9.09. The molecule has 25 heavy (non-hydrogen) atoms. The number of nitrogens with one attached hydrogen (secondary N) is 1. The number of carbonyl (C=O) groups excluding carboxylic acids is 2. The molecule has 0 bridgehead atoms. The number of esters is 1. The van der Waals surface area contributed by atoms with Crippen LogP contribution in [0.3, 0.4) is 0 Å². The first-order valence-electron chi connectivity index (χ1n) is 8.75. The summed E-state index contributed by atoms with van der Waals surface area (Å²) in [6.07, 6.45) is 2.41. The lowest BCUT2D eigenvalue weighted by Gasteiger charge is -2.35. The average Bonchev–Trinajstić information content (AvgIpc) is 2.58. The molecular formula is C19H26ClNO4. The van der Waals surface area contributed by atoms with Crippen LogP contribution in [0, 0.1) is 11.8 Å². The molecule has 5 nitrogen and oxygen atoms in total. The number of ether oxygens (including phenoxy) is 2. The minimum atomic E-state index is -0.855. The van der Waals surface area contributed by atoms with Gasteiger partial charge in [0.2, 0.25) is 0 Å². The number of halogens is 1. The Hall–Kier alpha value is -1.75. The molecule has 0 heterocycles. The zero-order valence-electron chi connectivity index (χ0n) is 15.0. The molecule has 138 valence electrons. The molecule has 1 aliphatic rings. The van der Waals surface area contributed by atoms with Gasteiger partial charge in [0.05, 0.1) is 5.02 Å². The maximum Gasteiger partial charge on any atom is 0.344 e. The first kappa shape index (κ1) is 19.6. The van der Waals surface area contributed by atoms with Crippen molar-refractivity contribution in [2.75, 3.05) is 6.61 Å². The predicted molar refractivity (Wildman–Crippen MR) is 96.6 cm³/mol. The van der Waals surface area contributed by atoms with Gasteiger partial charge in [0.25, 0.3) is 5.91 Å². The fraction of sp³-hybridized carbons (Fsp3) is 0.579. The molecule has 1 N–H and O–H groups in total. The Kier molecular flexibility index (Phi) is 7.12. The zero-order valence-corrected chi connectivity index (χ0v) is 15.7. The third-order valence-electron chi connectivity index (χ3n) is 4.89. The van der Waals surface area contributed by atoms with Crippen LogP contribution >= 0.6 is 11.6 Å². The Balaban J connectivity index is 1.78. The Morgan fingerprint density at radius 2 is 2.00 bits per heavy atom. The van der Waals surface area contributed by atoms with Gasteiger partial charge in [0.1, 0.15) is 5.75 Å². The predicted octanol–water partition coefficient (Wildman–Crippen LogP) is 3.59. The van der Waals surface area contributed by atoms with Crippen LogP contribution in [0.15, 0.2) is 24.3 Å². The van der Waals surface area contributed by atoms with Gasteiger partial charge in [-0.3, -0.25) is 4.79 Å². The van der Waals surface area contributed by atoms with E-state index >= 15 is 0 Å². The van der Waals surface area contributed by atoms with Crippen molar-refractivity contribution in [2.45, 2.75) is 52.2 Å². The van der Waals surface area contributed by atoms with Crippen LogP contribution in [0.4, 0.5) is 0 Å². The van der Waals surface area contributed by atoms with E-state index in [0.29, 0.717) is 22.6 Å². The average molecular weight is 368 g/mol. The van der Waals surface area contributed by atoms with Crippen LogP contribution in [0.25, 0.3) is 0 Å². The number of carbonyl (C=O) groups is 2. The summed E-state index contributed by atoms with van der Waals surface area (Å²) in [4.78, 5) is 24.2. The third kappa shape index (κ3) is 5.63. The maximum atomic E-state index is 12.3. The fourth-order valence-electron chi connectivity index (χ4n) is 3.07. The van der Waals surface area contributed by atoms with Crippen molar-refractivity contribution < 1.29 is 19.1 Å². The number of hydrogen-bond acceptors (Lipinski definition) is 4. The Labute approximate surface area is 154 Å². The molecule has 1 saturated carbocycles. The van der Waals surface area contributed by atoms with Crippen LogP contribution in [0.2, 0.25) is 5.02 Å². The number of hydrogen-bond donors (Lipinski definition) is 1. The highest BCUT2D eigenvalue weighted by atomic mass is 35.5. The van der Waals surface area contributed by atoms with Gasteiger partial charge in [0, 0.05) is 6.04 Å². The topological polar surface area (TPSA) is 64.6 Å². The first-order chi connectivity index (χ1) is 11.9. The lowest BCUT2D eigenvalue weighted by atomic mass is 9.78. The summed E-state index contributed by atoms with van der Waals surface area (Å²) in [7, 11) is 0. The minimum absolute atomic E-state index is 0.136. The Morgan fingerprint density at radius 1 is 1.28 bits per heavy atom. The second-order valence-corrected chi connectivity index (χ2v) is 7.14. The van der Waals surface area contributed by atoms with Crippen molar-refractivity contribution in [1.29, 1.82) is 0 Å². The summed E-state index contributed by atoms with van der Waals surface area (Å²) in [5.41, 5.74) is 0. The van der Waals surface area contributed by atoms with Crippen molar-refractivity contribution in [3.63, 3.8) is 0 Å². The van der Waals surface area contributed by atoms with E-state index in [0.717, 1.165) is 12.8 Å². The molecule has 6 heteroatoms. The van der Waals surface area contributed by atoms with Gasteiger partial charge < -0.3 is 14.8 Å². The van der Waals surface area contributed by atoms with E-state index in [1.807, 2.05) is 0 Å². The lowest BCUT2D eigenvalue weighted by Crippen LogP contribution is -2.47. The summed E-state index contributed by atoms with van der Waals surface area (Å²) in [6.45, 7) is 5.64. The van der Waals surface area contributed by atoms with Gasteiger partial charge >= 0.3 is 5.97 Å². The smallest absolute Gasteiger partial charge is 0.344 e. The van der Waals surface area contributed by atoms with Crippen LogP contribution < -0.4 is 10.1 Å². The SMILES string of the molecule is C[C@@H]1[C@H](C)CCC[C@@H]1NC(=O)[C@@H](C)OC(=O)COc1ccccc1Cl. The minimum Gasteiger partial charge on any atom is -0.480 e. The van der Waals surface area contributed by atoms with Crippen molar-refractivity contribution in [1.82, 2.24) is 5.32 Å². The molecule has 0 aliphatic heterocycles. The Morgan fingerprint density at radius 3 is 2.72 bits per heavy atom. The van der Waals surface area contributed by atoms with E-state index in [1.54, 1.807) is 31.2 Å². The monoisotopic (exact) mass is 367 g/mol. The number of para-hydroxylation sites is 1. The van der Waals surface area contributed by atoms with E-state index in [9.17, 15) is 9.59 Å². The summed E-state index contributed by atoms with van der Waals surface area (Å²) >= 11 is 5.96. The van der Waals surface area contributed by atoms with Crippen molar-refractivity contribution in [2.24, 2.45) is 11.8 Å². The van der Waals surface area contributed by atoms with Gasteiger partial charge in [-0.15, -0.1) is 0 Å². The van der Waals surface area contributed by atoms with Crippen molar-refractivity contribution in [3.8, 4) is 5.75 Å². The van der Waals surface area contributed by atoms with Crippen LogP contribution in [-0.2, 0) is 14.3 Å². The number of rotatable bonds is 6. The highest BCUT2D eigenvalue weighted by Gasteiger charge is 2.30. The van der Waals surface area contributed by atoms with Crippen LogP contribution in [0.1, 0.15) is 40.0 Å². The first-order valence-corrected chi connectivity index (χ1v) is 9.13. The van der Waals surface area contributed by atoms with Gasteiger partial charge in [-0.05, 0) is 37.3 Å². The number of amides is 1. The number of benzene rings is 1. The summed E-state index contributed by atoms with van der Waals surface area (Å²) in [5, 5.41) is 3.43. The van der Waals surface area contributed by atoms with E-state index in [2.05, 4.69) is 19.2 Å². The van der Waals surface area contributed by atoms with Crippen molar-refractivity contribution in [3.05, 3.63) is 29.3 Å². The normalized spacial score (nSPS) is 24.2. The van der Waals surface area contributed by atoms with E-state index < -0.39 is 12.1 Å². The summed E-state index contributed by atoms with van der Waals surface area (Å²) in [6, 6.07) is 7.00. The standard InChI is InChI=1S/C19H26ClNO4/c1-12-7-6-9-16(13(12)2)21-19(23)14(3)25-18(22)11-24-17-10-5-4-8-15(17)20/h4-5,8,10,12-14,16H,6-7,9,11H2,1-3H3,(H,21,23)/t12-,13-,14-,16+/m1/s1. The zero-order chi connectivity index (χ0) is 18.4. The van der Waals surface area contributed by atoms with Gasteiger partial charge in [-0.2, -0.15) is 0 Å². The largest absolute Gasteiger partial charge is 0.480 e. The van der Waals surface area contributed by atoms with E-state index in [1.165, 1.54) is 6.42 Å². The van der Waals surface area contributed by atoms with Gasteiger partial charge in [-0.25, -0.2) is 4.79 Å². The molecule has 0 radical (unpaired) electrons. The molecule has 1 aromatic carbocycles. The molecule has 2 rings (SSSR count). The molecule has 1 amide bonds.